The quantitative estimate of drug-likeness (QED) is 0.0133. The Bertz CT molecular complexity index is 3930. The largest absolute Gasteiger partial charge is 0.508 e. The average Bonchev–Trinajstić information content (AvgIpc) is 1.57. The number of hydrogen-bond acceptors (Lipinski definition) is 25. The van der Waals surface area contributed by atoms with Gasteiger partial charge in [-0.05, 0) is 149 Å². The molecule has 0 aliphatic carbocycles. The normalized spacial score (nSPS) is 16.1. The number of thiol groups is 1. The Kier molecular flexibility index (Phi) is 48.9. The summed E-state index contributed by atoms with van der Waals surface area (Å²) in [5, 5.41) is 82.6. The van der Waals surface area contributed by atoms with Crippen LogP contribution in [0.5, 0.6) is 5.75 Å². The number of aliphatic hydroxyl groups excluding tert-OH is 1. The number of nitrogens with one attached hydrogen (secondary N) is 13. The molecule has 1 aliphatic rings. The van der Waals surface area contributed by atoms with E-state index in [0.717, 1.165) is 0 Å². The van der Waals surface area contributed by atoms with Gasteiger partial charge in [-0.1, -0.05) is 90.4 Å². The number of aromatic hydroxyl groups is 1. The lowest BCUT2D eigenvalue weighted by molar-refractivity contribution is -0.144. The zero-order valence-corrected chi connectivity index (χ0v) is 74.0. The lowest BCUT2D eigenvalue weighted by Crippen LogP contribution is -2.62. The van der Waals surface area contributed by atoms with Gasteiger partial charge in [0.15, 0.2) is 5.96 Å². The number of aliphatic hydroxyl groups is 1. The molecule has 1 fully saturated rings. The summed E-state index contributed by atoms with van der Waals surface area (Å²) in [6, 6.07) is -8.41. The number of rotatable bonds is 58. The molecule has 2 aromatic rings. The number of likely N-dealkylation sites (tertiary alicyclic amines) is 1. The van der Waals surface area contributed by atoms with Crippen LogP contribution in [0.4, 0.5) is 0 Å². The van der Waals surface area contributed by atoms with Gasteiger partial charge in [-0.25, -0.2) is 4.79 Å². The number of thioether (sulfide) groups is 2. The number of hydrogen-bond donors (Lipinski definition) is 23. The second kappa shape index (κ2) is 56.3. The highest BCUT2D eigenvalue weighted by molar-refractivity contribution is 7.98. The van der Waals surface area contributed by atoms with Gasteiger partial charge in [0.05, 0.1) is 19.1 Å². The van der Waals surface area contributed by atoms with Gasteiger partial charge >= 0.3 is 17.9 Å². The van der Waals surface area contributed by atoms with Crippen molar-refractivity contribution in [1.82, 2.24) is 74.0 Å². The number of carboxylic acid groups (broad SMARTS) is 3. The first-order valence-electron chi connectivity index (χ1n) is 41.1. The molecule has 2 aromatic carbocycles. The molecule has 3 rings (SSSR count). The number of phenols is 1. The highest BCUT2D eigenvalue weighted by Crippen LogP contribution is 2.22. The summed E-state index contributed by atoms with van der Waals surface area (Å²) in [5.41, 5.74) is 23.8. The number of nitrogens with zero attached hydrogens (tertiary/aromatic N) is 2. The average molecular weight is 1800 g/mol. The number of aliphatic carboxylic acids is 3. The maximum atomic E-state index is 14.8. The molecule has 26 N–H and O–H groups in total. The molecule has 1 saturated heterocycles. The van der Waals surface area contributed by atoms with E-state index in [1.54, 1.807) is 84.4 Å². The fourth-order valence-electron chi connectivity index (χ4n) is 12.9. The minimum Gasteiger partial charge on any atom is -0.508 e. The molecule has 0 saturated carbocycles. The summed E-state index contributed by atoms with van der Waals surface area (Å²) in [6.45, 7) is 10.5. The highest BCUT2D eigenvalue weighted by atomic mass is 32.2. The monoisotopic (exact) mass is 1800 g/mol. The van der Waals surface area contributed by atoms with Gasteiger partial charge in [0.2, 0.25) is 82.7 Å². The number of benzene rings is 2. The second-order valence-electron chi connectivity index (χ2n) is 31.0. The molecule has 0 unspecified atom stereocenters. The van der Waals surface area contributed by atoms with E-state index in [-0.39, 0.29) is 125 Å². The van der Waals surface area contributed by atoms with E-state index >= 15 is 0 Å². The first kappa shape index (κ1) is 108. The van der Waals surface area contributed by atoms with Crippen molar-refractivity contribution >= 4 is 143 Å². The molecule has 1 aliphatic heterocycles. The Hall–Kier alpha value is -10.6. The number of phenolic OH excluding ortho intramolecular Hbond substituents is 1. The predicted octanol–water partition coefficient (Wildman–Crippen LogP) is -3.40. The fraction of sp³-hybridized carbons (Fsp3) is 0.625. The van der Waals surface area contributed by atoms with Gasteiger partial charge in [-0.15, -0.1) is 0 Å². The van der Waals surface area contributed by atoms with E-state index in [1.807, 2.05) is 0 Å². The van der Waals surface area contributed by atoms with Crippen molar-refractivity contribution in [1.29, 1.82) is 0 Å². The molecule has 124 heavy (non-hydrogen) atoms. The summed E-state index contributed by atoms with van der Waals surface area (Å²) >= 11 is 6.63. The standard InChI is InChI=1S/C80H127N19O22S3/c1-10-44(6)64(98-73(114)57(39-62(104)105)92-74(115)58(40-100)95-66(107)49(82)36-42(2)3)77(118)94-55(37-46-18-12-11-13-19-46)71(112)89-51(27-28-61(102)103)67(108)86-45(7)65(106)87-52(29-34-123-8)69(110)88-50(20-14-15-31-81)68(109)90-53(30-35-124-9)70(111)97-63(43(4)5)76(117)93-56(38-47-23-25-48(101)26-24-47)72(113)91-54(21-16-32-85-80(83)84)78(119)99-33-17-22-60(99)75(116)96-59(41-122)79(120)121/h11-13,18-19,23-26,42-45,49-60,63-64,100-101,122H,10,14-17,20-22,27-41,81-82H2,1-9H3,(H,86,108)(H,87,106)(H,88,110)(H,89,112)(H,90,109)(H,91,113)(H,92,115)(H,93,117)(H,94,118)(H,95,107)(H,96,116)(H,97,111)(H,98,114)(H,102,103)(H,104,105)(H,120,121)(H4,83,84,85)/t44-,45-,49-,50-,51-,52-,53-,54-,55-,56-,57-,58-,59-,60-,63-,64-/m0/s1. The molecule has 44 heteroatoms. The number of aliphatic imine (C=N–C) groups is 1. The minimum atomic E-state index is -1.91. The molecule has 41 nitrogen and oxygen atoms in total. The number of nitrogens with two attached hydrogens (primary N) is 4. The molecule has 16 atom stereocenters. The summed E-state index contributed by atoms with van der Waals surface area (Å²) in [4.78, 5) is 241. The summed E-state index contributed by atoms with van der Waals surface area (Å²) < 4.78 is 0. The van der Waals surface area contributed by atoms with Crippen LogP contribution in [0.3, 0.4) is 0 Å². The lowest BCUT2D eigenvalue weighted by atomic mass is 9.96. The van der Waals surface area contributed by atoms with Gasteiger partial charge in [-0.3, -0.25) is 81.7 Å². The zero-order valence-electron chi connectivity index (χ0n) is 71.5. The predicted molar refractivity (Wildman–Crippen MR) is 466 cm³/mol. The highest BCUT2D eigenvalue weighted by Gasteiger charge is 2.42. The third kappa shape index (κ3) is 38.3. The van der Waals surface area contributed by atoms with Gasteiger partial charge in [0.25, 0.3) is 0 Å². The third-order valence-corrected chi connectivity index (χ3v) is 21.8. The summed E-state index contributed by atoms with van der Waals surface area (Å²) in [5.74, 6) is -19.2. The SMILES string of the molecule is CC[C@H](C)[C@H](NC(=O)[C@H](CC(=O)O)NC(=O)[C@H](CO)NC(=O)[C@@H](N)CC(C)C)C(=O)N[C@@H](Cc1ccccc1)C(=O)N[C@@H](CCC(=O)O)C(=O)N[C@@H](C)C(=O)N[C@@H](CCSC)C(=O)N[C@@H](CCCCN)C(=O)N[C@@H](CCSC)C(=O)N[C@H](C(=O)N[C@@H](Cc1ccc(O)cc1)C(=O)N[C@@H](CCCN=C(N)N)C(=O)N1CCC[C@H]1C(=O)N[C@@H](CS)C(=O)O)C(C)C. The van der Waals surface area contributed by atoms with E-state index in [9.17, 15) is 107 Å². The lowest BCUT2D eigenvalue weighted by Gasteiger charge is -2.31. The Morgan fingerprint density at radius 2 is 0.976 bits per heavy atom. The summed E-state index contributed by atoms with van der Waals surface area (Å²) in [7, 11) is 0. The van der Waals surface area contributed by atoms with Crippen LogP contribution in [0.1, 0.15) is 149 Å². The van der Waals surface area contributed by atoms with Crippen molar-refractivity contribution in [2.24, 2.45) is 45.7 Å². The van der Waals surface area contributed by atoms with Crippen molar-refractivity contribution in [3.05, 3.63) is 65.7 Å². The van der Waals surface area contributed by atoms with E-state index in [2.05, 4.69) is 86.7 Å². The maximum absolute atomic E-state index is 14.8. The van der Waals surface area contributed by atoms with Crippen LogP contribution in [0.2, 0.25) is 0 Å². The molecule has 1 heterocycles. The van der Waals surface area contributed by atoms with Gasteiger partial charge in [0.1, 0.15) is 90.3 Å². The number of carbonyl (C=O) groups is 17. The van der Waals surface area contributed by atoms with Crippen molar-refractivity contribution < 1.29 is 107 Å². The topological polar surface area (TPSA) is 667 Å². The van der Waals surface area contributed by atoms with E-state index < -0.39 is 229 Å². The minimum absolute atomic E-state index is 0.0121. The van der Waals surface area contributed by atoms with Crippen molar-refractivity contribution in [2.75, 3.05) is 56.0 Å². The van der Waals surface area contributed by atoms with Crippen LogP contribution < -0.4 is 92.1 Å². The number of amides is 14. The Labute approximate surface area is 735 Å². The van der Waals surface area contributed by atoms with Crippen molar-refractivity contribution in [3.8, 4) is 5.75 Å². The van der Waals surface area contributed by atoms with Gasteiger partial charge in [0, 0.05) is 38.1 Å². The third-order valence-electron chi connectivity index (χ3n) is 20.1. The van der Waals surface area contributed by atoms with Crippen LogP contribution in [-0.2, 0) is 94.3 Å². The Morgan fingerprint density at radius 1 is 0.516 bits per heavy atom. The fourth-order valence-corrected chi connectivity index (χ4v) is 14.1. The molecular formula is C80H127N19O22S3. The first-order valence-corrected chi connectivity index (χ1v) is 44.5. The Morgan fingerprint density at radius 3 is 1.48 bits per heavy atom. The molecular weight excluding hydrogens is 1680 g/mol. The van der Waals surface area contributed by atoms with Crippen LogP contribution in [0, 0.1) is 17.8 Å². The number of carboxylic acids is 3. The zero-order chi connectivity index (χ0) is 93.0. The van der Waals surface area contributed by atoms with E-state index in [4.69, 9.17) is 22.9 Å². The van der Waals surface area contributed by atoms with Crippen molar-refractivity contribution in [3.63, 3.8) is 0 Å². The van der Waals surface area contributed by atoms with Crippen LogP contribution in [-0.4, -0.2) is 284 Å². The van der Waals surface area contributed by atoms with Gasteiger partial charge in [-0.2, -0.15) is 36.2 Å². The summed E-state index contributed by atoms with van der Waals surface area (Å²) in [6.07, 6.45) is 1.96. The number of unbranched alkanes of at least 4 members (excludes halogenated alkanes) is 1. The first-order chi connectivity index (χ1) is 58.6. The molecule has 14 amide bonds. The second-order valence-corrected chi connectivity index (χ2v) is 33.3. The molecule has 0 aromatic heterocycles. The Balaban J connectivity index is 1.95. The van der Waals surface area contributed by atoms with Crippen LogP contribution in [0.15, 0.2) is 59.6 Å². The smallest absolute Gasteiger partial charge is 0.327 e. The van der Waals surface area contributed by atoms with E-state index in [1.165, 1.54) is 59.6 Å². The number of carbonyl (C=O) groups excluding carboxylic acids is 14. The van der Waals surface area contributed by atoms with E-state index in [0.29, 0.717) is 24.0 Å². The van der Waals surface area contributed by atoms with Gasteiger partial charge < -0.3 is 122 Å². The maximum Gasteiger partial charge on any atom is 0.327 e. The van der Waals surface area contributed by atoms with Crippen molar-refractivity contribution in [2.45, 2.75) is 242 Å². The van der Waals surface area contributed by atoms with Crippen LogP contribution in [0.25, 0.3) is 0 Å². The molecule has 0 bridgehead atoms. The number of guanidine groups is 1. The molecule has 0 spiro atoms. The van der Waals surface area contributed by atoms with Crippen LogP contribution >= 0.6 is 36.2 Å². The molecule has 0 radical (unpaired) electrons. The molecule has 692 valence electrons.